The molecule has 1 saturated carbocycles. The number of hydrogen-bond donors (Lipinski definition) is 1. The van der Waals surface area contributed by atoms with E-state index in [0.29, 0.717) is 0 Å². The number of nitrogens with two attached hydrogens (primary N) is 1. The van der Waals surface area contributed by atoms with Gasteiger partial charge in [-0.05, 0) is 18.3 Å². The van der Waals surface area contributed by atoms with Crippen molar-refractivity contribution in [2.24, 2.45) is 22.6 Å². The third kappa shape index (κ3) is 0.522. The van der Waals surface area contributed by atoms with Gasteiger partial charge in [-0.25, -0.2) is 0 Å². The van der Waals surface area contributed by atoms with Gasteiger partial charge in [0.15, 0.2) is 0 Å². The van der Waals surface area contributed by atoms with E-state index in [0.717, 1.165) is 30.6 Å². The Morgan fingerprint density at radius 3 is 3.00 bits per heavy atom. The second kappa shape index (κ2) is 1.24. The van der Waals surface area contributed by atoms with Crippen LogP contribution in [0.2, 0.25) is 0 Å². The zero-order valence-corrected chi connectivity index (χ0v) is 4.80. The largest absolute Gasteiger partial charge is 0.387 e. The van der Waals surface area contributed by atoms with Gasteiger partial charge in [0, 0.05) is 13.0 Å². The maximum Gasteiger partial charge on any atom is 0.0940 e. The minimum Gasteiger partial charge on any atom is -0.387 e. The first kappa shape index (κ1) is 4.36. The summed E-state index contributed by atoms with van der Waals surface area (Å²) in [5.41, 5.74) is 5.50. The fourth-order valence-corrected chi connectivity index (χ4v) is 1.35. The minimum atomic E-state index is 0.878. The Morgan fingerprint density at radius 2 is 2.38 bits per heavy atom. The molecule has 2 rings (SSSR count). The second-order valence-corrected chi connectivity index (χ2v) is 2.79. The van der Waals surface area contributed by atoms with Crippen molar-refractivity contribution in [3.63, 3.8) is 0 Å². The molecule has 2 atom stereocenters. The average molecular weight is 110 g/mol. The fraction of sp³-hybridized carbons (Fsp3) is 0.833. The molecule has 2 heteroatoms. The lowest BCUT2D eigenvalue weighted by Crippen LogP contribution is -2.17. The van der Waals surface area contributed by atoms with E-state index in [4.69, 9.17) is 5.73 Å². The van der Waals surface area contributed by atoms with Gasteiger partial charge in [-0.15, -0.1) is 0 Å². The molecule has 0 spiro atoms. The molecule has 0 amide bonds. The molecule has 0 bridgehead atoms. The first-order valence-corrected chi connectivity index (χ1v) is 3.15. The van der Waals surface area contributed by atoms with E-state index in [9.17, 15) is 0 Å². The number of fused-ring (bicyclic) bond motifs is 1. The van der Waals surface area contributed by atoms with Gasteiger partial charge in [-0.1, -0.05) is 0 Å². The molecule has 0 radical (unpaired) electrons. The smallest absolute Gasteiger partial charge is 0.0940 e. The number of amidine groups is 1. The predicted octanol–water partition coefficient (Wildman–Crippen LogP) is 0.383. The van der Waals surface area contributed by atoms with Crippen LogP contribution in [0, 0.1) is 11.8 Å². The van der Waals surface area contributed by atoms with E-state index < -0.39 is 0 Å². The van der Waals surface area contributed by atoms with E-state index in [2.05, 4.69) is 4.99 Å². The van der Waals surface area contributed by atoms with Crippen molar-refractivity contribution in [3.05, 3.63) is 0 Å². The quantitative estimate of drug-likeness (QED) is 0.481. The summed E-state index contributed by atoms with van der Waals surface area (Å²) >= 11 is 0. The molecule has 0 aromatic rings. The van der Waals surface area contributed by atoms with Crippen molar-refractivity contribution in [1.29, 1.82) is 0 Å². The Labute approximate surface area is 48.8 Å². The monoisotopic (exact) mass is 110 g/mol. The molecule has 44 valence electrons. The Bertz CT molecular complexity index is 139. The van der Waals surface area contributed by atoms with Gasteiger partial charge in [-0.2, -0.15) is 0 Å². The zero-order chi connectivity index (χ0) is 5.56. The highest BCUT2D eigenvalue weighted by Gasteiger charge is 2.39. The number of hydrogen-bond acceptors (Lipinski definition) is 2. The Kier molecular flexibility index (Phi) is 0.678. The van der Waals surface area contributed by atoms with Crippen LogP contribution in [0.25, 0.3) is 0 Å². The summed E-state index contributed by atoms with van der Waals surface area (Å²) in [5.74, 6) is 2.72. The highest BCUT2D eigenvalue weighted by atomic mass is 14.9. The first-order chi connectivity index (χ1) is 3.86. The number of rotatable bonds is 0. The van der Waals surface area contributed by atoms with Crippen molar-refractivity contribution < 1.29 is 0 Å². The van der Waals surface area contributed by atoms with E-state index in [1.807, 2.05) is 0 Å². The topological polar surface area (TPSA) is 38.4 Å². The van der Waals surface area contributed by atoms with Crippen molar-refractivity contribution in [1.82, 2.24) is 0 Å². The maximum atomic E-state index is 5.50. The van der Waals surface area contributed by atoms with Crippen molar-refractivity contribution in [2.45, 2.75) is 12.8 Å². The summed E-state index contributed by atoms with van der Waals surface area (Å²) in [6.07, 6.45) is 2.45. The summed E-state index contributed by atoms with van der Waals surface area (Å²) in [6, 6.07) is 0. The van der Waals surface area contributed by atoms with E-state index >= 15 is 0 Å². The first-order valence-electron chi connectivity index (χ1n) is 3.15. The van der Waals surface area contributed by atoms with Crippen LogP contribution in [0.3, 0.4) is 0 Å². The van der Waals surface area contributed by atoms with Gasteiger partial charge in [0.2, 0.25) is 0 Å². The van der Waals surface area contributed by atoms with Crippen LogP contribution >= 0.6 is 0 Å². The van der Waals surface area contributed by atoms with Crippen molar-refractivity contribution >= 4 is 5.84 Å². The van der Waals surface area contributed by atoms with Crippen LogP contribution < -0.4 is 5.73 Å². The van der Waals surface area contributed by atoms with Crippen LogP contribution in [0.1, 0.15) is 12.8 Å². The van der Waals surface area contributed by atoms with Crippen molar-refractivity contribution in [3.8, 4) is 0 Å². The summed E-state index contributed by atoms with van der Waals surface area (Å²) < 4.78 is 0. The van der Waals surface area contributed by atoms with Gasteiger partial charge in [0.05, 0.1) is 5.84 Å². The third-order valence-corrected chi connectivity index (χ3v) is 2.07. The molecule has 0 saturated heterocycles. The highest BCUT2D eigenvalue weighted by Crippen LogP contribution is 2.43. The molecule has 1 aliphatic heterocycles. The minimum absolute atomic E-state index is 0.878. The molecule has 1 heterocycles. The molecule has 0 aromatic carbocycles. The van der Waals surface area contributed by atoms with Gasteiger partial charge in [0.1, 0.15) is 0 Å². The molecular formula is C6H10N2. The highest BCUT2D eigenvalue weighted by molar-refractivity contribution is 5.81. The normalized spacial score (nSPS) is 42.8. The van der Waals surface area contributed by atoms with Crippen LogP contribution in [0.15, 0.2) is 4.99 Å². The lowest BCUT2D eigenvalue weighted by molar-refractivity contribution is 0.694. The molecule has 2 N–H and O–H groups in total. The van der Waals surface area contributed by atoms with E-state index in [-0.39, 0.29) is 0 Å². The standard InChI is InChI=1S/C6H10N2/c7-6-2-4-1-5(4)3-8-6/h4-5H,1-3H2,(H2,7,8). The van der Waals surface area contributed by atoms with E-state index in [1.165, 1.54) is 6.42 Å². The fourth-order valence-electron chi connectivity index (χ4n) is 1.35. The second-order valence-electron chi connectivity index (χ2n) is 2.79. The molecule has 2 unspecified atom stereocenters. The zero-order valence-electron chi connectivity index (χ0n) is 4.80. The van der Waals surface area contributed by atoms with Crippen LogP contribution in [0.4, 0.5) is 0 Å². The lowest BCUT2D eigenvalue weighted by atomic mass is 10.2. The van der Waals surface area contributed by atoms with Gasteiger partial charge in [0.25, 0.3) is 0 Å². The third-order valence-electron chi connectivity index (χ3n) is 2.07. The van der Waals surface area contributed by atoms with Crippen LogP contribution in [-0.2, 0) is 0 Å². The molecule has 2 aliphatic rings. The SMILES string of the molecule is NC1=NCC2CC2C1. The predicted molar refractivity (Wildman–Crippen MR) is 32.7 cm³/mol. The number of nitrogens with zero attached hydrogens (tertiary/aromatic N) is 1. The molecule has 0 aromatic heterocycles. The van der Waals surface area contributed by atoms with Crippen molar-refractivity contribution in [2.75, 3.05) is 6.54 Å². The molecule has 1 fully saturated rings. The van der Waals surface area contributed by atoms with Gasteiger partial charge in [-0.3, -0.25) is 4.99 Å². The number of aliphatic imine (C=N–C) groups is 1. The van der Waals surface area contributed by atoms with Gasteiger partial charge < -0.3 is 5.73 Å². The lowest BCUT2D eigenvalue weighted by Gasteiger charge is -2.04. The Morgan fingerprint density at radius 1 is 1.50 bits per heavy atom. The summed E-state index contributed by atoms with van der Waals surface area (Å²) in [6.45, 7) is 1.01. The molecule has 8 heavy (non-hydrogen) atoms. The summed E-state index contributed by atoms with van der Waals surface area (Å²) in [4.78, 5) is 4.15. The average Bonchev–Trinajstić information content (AvgIpc) is 2.43. The summed E-state index contributed by atoms with van der Waals surface area (Å²) in [5, 5.41) is 0. The van der Waals surface area contributed by atoms with Crippen LogP contribution in [0.5, 0.6) is 0 Å². The Hall–Kier alpha value is -0.530. The molecule has 1 aliphatic carbocycles. The maximum absolute atomic E-state index is 5.50. The molecular weight excluding hydrogens is 100 g/mol. The van der Waals surface area contributed by atoms with Crippen LogP contribution in [-0.4, -0.2) is 12.4 Å². The molecule has 2 nitrogen and oxygen atoms in total. The summed E-state index contributed by atoms with van der Waals surface area (Å²) in [7, 11) is 0. The van der Waals surface area contributed by atoms with E-state index in [1.54, 1.807) is 0 Å². The van der Waals surface area contributed by atoms with Gasteiger partial charge >= 0.3 is 0 Å². The Balaban J connectivity index is 2.10.